The molecule has 0 aromatic heterocycles. The molecule has 0 heterocycles. The fourth-order valence-corrected chi connectivity index (χ4v) is 1.60. The summed E-state index contributed by atoms with van der Waals surface area (Å²) in [4.78, 5) is 24.0. The Hall–Kier alpha value is -1.59. The molecule has 104 valence electrons. The van der Waals surface area contributed by atoms with Gasteiger partial charge in [-0.2, -0.15) is 0 Å². The van der Waals surface area contributed by atoms with Crippen molar-refractivity contribution in [1.82, 2.24) is 4.90 Å². The molecule has 0 aliphatic carbocycles. The van der Waals surface area contributed by atoms with E-state index in [0.29, 0.717) is 10.7 Å². The van der Waals surface area contributed by atoms with Gasteiger partial charge >= 0.3 is 5.97 Å². The average Bonchev–Trinajstić information content (AvgIpc) is 2.32. The topological polar surface area (TPSA) is 69.6 Å². The molecule has 1 atom stereocenters. The molecule has 1 unspecified atom stereocenters. The van der Waals surface area contributed by atoms with Crippen LogP contribution in [0.25, 0.3) is 0 Å². The second-order valence-electron chi connectivity index (χ2n) is 4.44. The molecule has 19 heavy (non-hydrogen) atoms. The van der Waals surface area contributed by atoms with Crippen LogP contribution in [0.3, 0.4) is 0 Å². The summed E-state index contributed by atoms with van der Waals surface area (Å²) in [7, 11) is 1.58. The van der Waals surface area contributed by atoms with Crippen LogP contribution in [0.15, 0.2) is 18.2 Å². The van der Waals surface area contributed by atoms with E-state index in [9.17, 15) is 9.59 Å². The van der Waals surface area contributed by atoms with Gasteiger partial charge in [-0.25, -0.2) is 0 Å². The van der Waals surface area contributed by atoms with Gasteiger partial charge in [0.1, 0.15) is 6.04 Å². The molecule has 5 nitrogen and oxygen atoms in total. The molecule has 0 saturated carbocycles. The summed E-state index contributed by atoms with van der Waals surface area (Å²) < 4.78 is 0. The number of carbonyl (C=O) groups is 2. The highest BCUT2D eigenvalue weighted by atomic mass is 35.5. The van der Waals surface area contributed by atoms with Crippen LogP contribution < -0.4 is 5.32 Å². The van der Waals surface area contributed by atoms with Crippen LogP contribution in [0, 0.1) is 6.92 Å². The first-order valence-electron chi connectivity index (χ1n) is 5.80. The fraction of sp³-hybridized carbons (Fsp3) is 0.385. The maximum Gasteiger partial charge on any atom is 0.320 e. The minimum Gasteiger partial charge on any atom is -0.480 e. The van der Waals surface area contributed by atoms with Crippen molar-refractivity contribution < 1.29 is 14.7 Å². The zero-order valence-corrected chi connectivity index (χ0v) is 11.9. The van der Waals surface area contributed by atoms with Gasteiger partial charge in [0.2, 0.25) is 5.91 Å². The number of carboxylic acid groups (broad SMARTS) is 1. The summed E-state index contributed by atoms with van der Waals surface area (Å²) in [6, 6.07) is 4.50. The fourth-order valence-electron chi connectivity index (χ4n) is 1.42. The van der Waals surface area contributed by atoms with Crippen LogP contribution in [0.1, 0.15) is 12.5 Å². The molecule has 0 aliphatic heterocycles. The van der Waals surface area contributed by atoms with E-state index in [1.807, 2.05) is 13.0 Å². The van der Waals surface area contributed by atoms with Gasteiger partial charge in [-0.1, -0.05) is 17.7 Å². The summed E-state index contributed by atoms with van der Waals surface area (Å²) in [5, 5.41) is 12.1. The molecule has 0 radical (unpaired) electrons. The van der Waals surface area contributed by atoms with Crippen molar-refractivity contribution in [2.45, 2.75) is 19.9 Å². The van der Waals surface area contributed by atoms with Crippen molar-refractivity contribution in [1.29, 1.82) is 0 Å². The van der Waals surface area contributed by atoms with Crippen molar-refractivity contribution in [3.05, 3.63) is 28.8 Å². The molecule has 0 aliphatic rings. The van der Waals surface area contributed by atoms with Gasteiger partial charge in [0.25, 0.3) is 0 Å². The summed E-state index contributed by atoms with van der Waals surface area (Å²) >= 11 is 5.96. The minimum atomic E-state index is -0.964. The number of carbonyl (C=O) groups excluding carboxylic acids is 1. The number of aryl methyl sites for hydroxylation is 1. The van der Waals surface area contributed by atoms with E-state index in [4.69, 9.17) is 16.7 Å². The number of likely N-dealkylation sites (N-methyl/N-ethyl adjacent to an activating group) is 1. The highest BCUT2D eigenvalue weighted by Crippen LogP contribution is 2.19. The van der Waals surface area contributed by atoms with E-state index in [0.717, 1.165) is 5.56 Å². The number of benzene rings is 1. The van der Waals surface area contributed by atoms with Gasteiger partial charge in [0.05, 0.1) is 6.54 Å². The first kappa shape index (κ1) is 15.5. The average molecular weight is 285 g/mol. The highest BCUT2D eigenvalue weighted by molar-refractivity contribution is 6.31. The molecular formula is C13H17ClN2O3. The van der Waals surface area contributed by atoms with Gasteiger partial charge in [-0.3, -0.25) is 14.5 Å². The molecule has 0 fully saturated rings. The first-order chi connectivity index (χ1) is 8.81. The predicted octanol–water partition coefficient (Wildman–Crippen LogP) is 1.99. The van der Waals surface area contributed by atoms with E-state index in [1.54, 1.807) is 19.2 Å². The van der Waals surface area contributed by atoms with Crippen molar-refractivity contribution in [2.75, 3.05) is 18.9 Å². The standard InChI is InChI=1S/C13H17ClN2O3/c1-8-4-5-10(6-11(8)14)15-12(17)7-16(3)9(2)13(18)19/h4-6,9H,7H2,1-3H3,(H,15,17)(H,18,19). The Balaban J connectivity index is 2.60. The van der Waals surface area contributed by atoms with Gasteiger partial charge in [-0.15, -0.1) is 0 Å². The Morgan fingerprint density at radius 3 is 2.63 bits per heavy atom. The Morgan fingerprint density at radius 2 is 2.11 bits per heavy atom. The highest BCUT2D eigenvalue weighted by Gasteiger charge is 2.19. The van der Waals surface area contributed by atoms with Crippen LogP contribution in [0.2, 0.25) is 5.02 Å². The van der Waals surface area contributed by atoms with E-state index >= 15 is 0 Å². The van der Waals surface area contributed by atoms with Gasteiger partial charge in [0.15, 0.2) is 0 Å². The minimum absolute atomic E-state index is 0.00103. The number of nitrogens with one attached hydrogen (secondary N) is 1. The maximum atomic E-state index is 11.8. The number of hydrogen-bond acceptors (Lipinski definition) is 3. The van der Waals surface area contributed by atoms with Crippen molar-refractivity contribution in [3.8, 4) is 0 Å². The number of amides is 1. The van der Waals surface area contributed by atoms with Crippen LogP contribution in [0.4, 0.5) is 5.69 Å². The lowest BCUT2D eigenvalue weighted by Gasteiger charge is -2.20. The third-order valence-corrected chi connectivity index (χ3v) is 3.27. The molecule has 6 heteroatoms. The lowest BCUT2D eigenvalue weighted by atomic mass is 10.2. The van der Waals surface area contributed by atoms with E-state index < -0.39 is 12.0 Å². The molecule has 1 aromatic carbocycles. The number of aliphatic carboxylic acids is 1. The van der Waals surface area contributed by atoms with E-state index in [-0.39, 0.29) is 12.5 Å². The van der Waals surface area contributed by atoms with Crippen LogP contribution in [-0.4, -0.2) is 41.5 Å². The third-order valence-electron chi connectivity index (χ3n) is 2.87. The first-order valence-corrected chi connectivity index (χ1v) is 6.18. The zero-order valence-electron chi connectivity index (χ0n) is 11.1. The number of rotatable bonds is 5. The van der Waals surface area contributed by atoms with Gasteiger partial charge in [-0.05, 0) is 38.6 Å². The maximum absolute atomic E-state index is 11.8. The van der Waals surface area contributed by atoms with Crippen LogP contribution >= 0.6 is 11.6 Å². The lowest BCUT2D eigenvalue weighted by molar-refractivity contribution is -0.142. The lowest BCUT2D eigenvalue weighted by Crippen LogP contribution is -2.40. The molecule has 0 saturated heterocycles. The largest absolute Gasteiger partial charge is 0.480 e. The van der Waals surface area contributed by atoms with Gasteiger partial charge < -0.3 is 10.4 Å². The summed E-state index contributed by atoms with van der Waals surface area (Å²) in [6.45, 7) is 3.40. The number of carboxylic acids is 1. The van der Waals surface area contributed by atoms with E-state index in [2.05, 4.69) is 5.32 Å². The third kappa shape index (κ3) is 4.54. The van der Waals surface area contributed by atoms with Crippen molar-refractivity contribution >= 4 is 29.2 Å². The molecule has 1 rings (SSSR count). The monoisotopic (exact) mass is 284 g/mol. The Kier molecular flexibility index (Phi) is 5.32. The second kappa shape index (κ2) is 6.54. The predicted molar refractivity (Wildman–Crippen MR) is 74.5 cm³/mol. The molecule has 1 aromatic rings. The quantitative estimate of drug-likeness (QED) is 0.867. The van der Waals surface area contributed by atoms with E-state index in [1.165, 1.54) is 11.8 Å². The molecule has 2 N–H and O–H groups in total. The molecule has 0 bridgehead atoms. The Bertz CT molecular complexity index is 491. The zero-order chi connectivity index (χ0) is 14.6. The summed E-state index contributed by atoms with van der Waals surface area (Å²) in [6.07, 6.45) is 0. The van der Waals surface area contributed by atoms with Crippen LogP contribution in [0.5, 0.6) is 0 Å². The molecule has 1 amide bonds. The van der Waals surface area contributed by atoms with Gasteiger partial charge in [0, 0.05) is 10.7 Å². The normalized spacial score (nSPS) is 12.3. The summed E-state index contributed by atoms with van der Waals surface area (Å²) in [5.74, 6) is -1.25. The SMILES string of the molecule is Cc1ccc(NC(=O)CN(C)C(C)C(=O)O)cc1Cl. The number of halogens is 1. The summed E-state index contributed by atoms with van der Waals surface area (Å²) in [5.41, 5.74) is 1.52. The second-order valence-corrected chi connectivity index (χ2v) is 4.85. The molecular weight excluding hydrogens is 268 g/mol. The number of anilines is 1. The number of nitrogens with zero attached hydrogens (tertiary/aromatic N) is 1. The Labute approximate surface area is 117 Å². The Morgan fingerprint density at radius 1 is 1.47 bits per heavy atom. The smallest absolute Gasteiger partial charge is 0.320 e. The van der Waals surface area contributed by atoms with Crippen LogP contribution in [-0.2, 0) is 9.59 Å². The molecule has 0 spiro atoms. The van der Waals surface area contributed by atoms with Crippen molar-refractivity contribution in [2.24, 2.45) is 0 Å². The number of hydrogen-bond donors (Lipinski definition) is 2. The van der Waals surface area contributed by atoms with Crippen molar-refractivity contribution in [3.63, 3.8) is 0 Å².